The number of nitrogens with zero attached hydrogens (tertiary/aromatic N) is 3. The molecule has 5 rings (SSSR count). The van der Waals surface area contributed by atoms with Gasteiger partial charge < -0.3 is 19.6 Å². The molecule has 2 aromatic carbocycles. The maximum Gasteiger partial charge on any atom is 0.307 e. The van der Waals surface area contributed by atoms with Gasteiger partial charge in [-0.1, -0.05) is 24.3 Å². The molecule has 1 fully saturated rings. The standard InChI is InChI=1S/C26H22N4O4/c27-14-19-12-18(5-6-23(19)34-20-7-9-33-10-8-20)25-21-13-22(30-26(21)29-15-28-25)17-3-1-16(2-4-17)11-24(31)32/h1-6,12-13,15,20H,7-11H2,(H,31,32)(H,28,29,30). The Morgan fingerprint density at radius 1 is 1.12 bits per heavy atom. The molecule has 1 aliphatic heterocycles. The number of rotatable bonds is 6. The van der Waals surface area contributed by atoms with E-state index in [1.54, 1.807) is 18.2 Å². The second kappa shape index (κ2) is 9.33. The molecule has 2 aromatic heterocycles. The number of H-pyrrole nitrogens is 1. The average molecular weight is 454 g/mol. The van der Waals surface area contributed by atoms with Crippen LogP contribution in [0.25, 0.3) is 33.5 Å². The Morgan fingerprint density at radius 2 is 1.88 bits per heavy atom. The molecule has 170 valence electrons. The van der Waals surface area contributed by atoms with Gasteiger partial charge in [0.15, 0.2) is 0 Å². The average Bonchev–Trinajstić information content (AvgIpc) is 3.30. The Hall–Kier alpha value is -4.22. The van der Waals surface area contributed by atoms with Gasteiger partial charge in [-0.15, -0.1) is 0 Å². The van der Waals surface area contributed by atoms with Gasteiger partial charge in [-0.05, 0) is 35.4 Å². The summed E-state index contributed by atoms with van der Waals surface area (Å²) in [7, 11) is 0. The molecule has 0 spiro atoms. The van der Waals surface area contributed by atoms with E-state index in [0.29, 0.717) is 35.9 Å². The van der Waals surface area contributed by atoms with Gasteiger partial charge >= 0.3 is 5.97 Å². The van der Waals surface area contributed by atoms with Crippen LogP contribution in [0.3, 0.4) is 0 Å². The first-order valence-electron chi connectivity index (χ1n) is 11.0. The molecule has 0 amide bonds. The summed E-state index contributed by atoms with van der Waals surface area (Å²) in [5.41, 5.74) is 5.14. The highest BCUT2D eigenvalue weighted by molar-refractivity contribution is 5.94. The quantitative estimate of drug-likeness (QED) is 0.444. The lowest BCUT2D eigenvalue weighted by Crippen LogP contribution is -2.26. The van der Waals surface area contributed by atoms with E-state index in [0.717, 1.165) is 40.6 Å². The molecule has 0 unspecified atom stereocenters. The molecular weight excluding hydrogens is 432 g/mol. The van der Waals surface area contributed by atoms with Crippen LogP contribution in [0, 0.1) is 11.3 Å². The van der Waals surface area contributed by atoms with Gasteiger partial charge in [0.25, 0.3) is 0 Å². The normalized spacial score (nSPS) is 14.1. The van der Waals surface area contributed by atoms with Crippen LogP contribution in [0.1, 0.15) is 24.0 Å². The largest absolute Gasteiger partial charge is 0.489 e. The number of benzene rings is 2. The summed E-state index contributed by atoms with van der Waals surface area (Å²) >= 11 is 0. The monoisotopic (exact) mass is 454 g/mol. The van der Waals surface area contributed by atoms with Crippen LogP contribution in [0.5, 0.6) is 5.75 Å². The number of aromatic nitrogens is 3. The zero-order valence-electron chi connectivity index (χ0n) is 18.3. The molecule has 8 heteroatoms. The van der Waals surface area contributed by atoms with E-state index in [-0.39, 0.29) is 12.5 Å². The number of carbonyl (C=O) groups is 1. The van der Waals surface area contributed by atoms with Crippen LogP contribution in [-0.2, 0) is 16.0 Å². The lowest BCUT2D eigenvalue weighted by atomic mass is 10.0. The lowest BCUT2D eigenvalue weighted by molar-refractivity contribution is -0.136. The highest BCUT2D eigenvalue weighted by Gasteiger charge is 2.18. The van der Waals surface area contributed by atoms with Crippen molar-refractivity contribution < 1.29 is 19.4 Å². The van der Waals surface area contributed by atoms with E-state index in [1.165, 1.54) is 6.33 Å². The fourth-order valence-electron chi connectivity index (χ4n) is 4.14. The van der Waals surface area contributed by atoms with E-state index >= 15 is 0 Å². The smallest absolute Gasteiger partial charge is 0.307 e. The molecular formula is C26H22N4O4. The third-order valence-electron chi connectivity index (χ3n) is 5.88. The summed E-state index contributed by atoms with van der Waals surface area (Å²) in [6.45, 7) is 1.34. The van der Waals surface area contributed by atoms with E-state index < -0.39 is 5.97 Å². The van der Waals surface area contributed by atoms with Crippen molar-refractivity contribution in [1.29, 1.82) is 5.26 Å². The molecule has 4 aromatic rings. The van der Waals surface area contributed by atoms with Crippen molar-refractivity contribution in [1.82, 2.24) is 15.0 Å². The number of aromatic amines is 1. The van der Waals surface area contributed by atoms with Crippen LogP contribution < -0.4 is 4.74 Å². The molecule has 0 aliphatic carbocycles. The fraction of sp³-hybridized carbons (Fsp3) is 0.231. The predicted octanol–water partition coefficient (Wildman–Crippen LogP) is 4.35. The highest BCUT2D eigenvalue weighted by Crippen LogP contribution is 2.33. The van der Waals surface area contributed by atoms with E-state index in [1.807, 2.05) is 30.3 Å². The second-order valence-electron chi connectivity index (χ2n) is 8.19. The van der Waals surface area contributed by atoms with E-state index in [4.69, 9.17) is 14.6 Å². The Balaban J connectivity index is 1.46. The van der Waals surface area contributed by atoms with Crippen LogP contribution in [-0.4, -0.2) is 45.3 Å². The van der Waals surface area contributed by atoms with Crippen LogP contribution in [0.2, 0.25) is 0 Å². The number of ether oxygens (including phenoxy) is 2. The van der Waals surface area contributed by atoms with Crippen molar-refractivity contribution in [3.05, 3.63) is 66.0 Å². The number of carboxylic acids is 1. The number of hydrogen-bond donors (Lipinski definition) is 2. The Morgan fingerprint density at radius 3 is 2.62 bits per heavy atom. The number of carboxylic acid groups (broad SMARTS) is 1. The van der Waals surface area contributed by atoms with Crippen molar-refractivity contribution >= 4 is 17.0 Å². The summed E-state index contributed by atoms with van der Waals surface area (Å²) in [4.78, 5) is 23.1. The zero-order chi connectivity index (χ0) is 23.5. The van der Waals surface area contributed by atoms with Gasteiger partial charge in [0.05, 0.1) is 30.9 Å². The second-order valence-corrected chi connectivity index (χ2v) is 8.19. The molecule has 0 radical (unpaired) electrons. The summed E-state index contributed by atoms with van der Waals surface area (Å²) in [5, 5.41) is 19.5. The Labute approximate surface area is 195 Å². The van der Waals surface area contributed by atoms with Crippen molar-refractivity contribution in [2.45, 2.75) is 25.4 Å². The van der Waals surface area contributed by atoms with Crippen LogP contribution in [0.15, 0.2) is 54.9 Å². The zero-order valence-corrected chi connectivity index (χ0v) is 18.3. The van der Waals surface area contributed by atoms with Crippen molar-refractivity contribution in [2.24, 2.45) is 0 Å². The Bertz CT molecular complexity index is 1380. The molecule has 2 N–H and O–H groups in total. The first-order chi connectivity index (χ1) is 16.6. The van der Waals surface area contributed by atoms with Crippen molar-refractivity contribution in [3.8, 4) is 34.3 Å². The van der Waals surface area contributed by atoms with Gasteiger partial charge in [-0.3, -0.25) is 4.79 Å². The van der Waals surface area contributed by atoms with Gasteiger partial charge in [-0.2, -0.15) is 5.26 Å². The van der Waals surface area contributed by atoms with Crippen molar-refractivity contribution in [2.75, 3.05) is 13.2 Å². The molecule has 1 saturated heterocycles. The highest BCUT2D eigenvalue weighted by atomic mass is 16.5. The minimum atomic E-state index is -0.862. The fourth-order valence-corrected chi connectivity index (χ4v) is 4.14. The summed E-state index contributed by atoms with van der Waals surface area (Å²) < 4.78 is 11.5. The Kier molecular flexibility index (Phi) is 5.93. The molecule has 0 saturated carbocycles. The van der Waals surface area contributed by atoms with Gasteiger partial charge in [0.2, 0.25) is 0 Å². The number of fused-ring (bicyclic) bond motifs is 1. The summed E-state index contributed by atoms with van der Waals surface area (Å²) in [5.74, 6) is -0.293. The molecule has 0 bridgehead atoms. The van der Waals surface area contributed by atoms with Crippen LogP contribution in [0.4, 0.5) is 0 Å². The first-order valence-corrected chi connectivity index (χ1v) is 11.0. The van der Waals surface area contributed by atoms with Gasteiger partial charge in [0.1, 0.15) is 29.9 Å². The van der Waals surface area contributed by atoms with Crippen LogP contribution >= 0.6 is 0 Å². The predicted molar refractivity (Wildman–Crippen MR) is 125 cm³/mol. The number of aliphatic carboxylic acids is 1. The maximum atomic E-state index is 10.9. The topological polar surface area (TPSA) is 121 Å². The van der Waals surface area contributed by atoms with E-state index in [9.17, 15) is 10.1 Å². The molecule has 0 atom stereocenters. The molecule has 34 heavy (non-hydrogen) atoms. The SMILES string of the molecule is N#Cc1cc(-c2ncnc3[nH]c(-c4ccc(CC(=O)O)cc4)cc23)ccc1OC1CCOCC1. The molecule has 3 heterocycles. The number of nitriles is 1. The van der Waals surface area contributed by atoms with Gasteiger partial charge in [0, 0.05) is 29.5 Å². The van der Waals surface area contributed by atoms with Crippen molar-refractivity contribution in [3.63, 3.8) is 0 Å². The van der Waals surface area contributed by atoms with Gasteiger partial charge in [-0.25, -0.2) is 9.97 Å². The molecule has 1 aliphatic rings. The minimum absolute atomic E-state index is 0.0158. The maximum absolute atomic E-state index is 10.9. The summed E-state index contributed by atoms with van der Waals surface area (Å²) in [6, 6.07) is 17.1. The number of nitrogens with one attached hydrogen (secondary N) is 1. The summed E-state index contributed by atoms with van der Waals surface area (Å²) in [6.07, 6.45) is 3.14. The molecule has 8 nitrogen and oxygen atoms in total. The minimum Gasteiger partial charge on any atom is -0.489 e. The third kappa shape index (κ3) is 4.47. The third-order valence-corrected chi connectivity index (χ3v) is 5.88. The first kappa shape index (κ1) is 21.6. The lowest BCUT2D eigenvalue weighted by Gasteiger charge is -2.23. The number of hydrogen-bond acceptors (Lipinski definition) is 6. The van der Waals surface area contributed by atoms with E-state index in [2.05, 4.69) is 21.0 Å².